The van der Waals surface area contributed by atoms with Crippen LogP contribution < -0.4 is 4.74 Å². The van der Waals surface area contributed by atoms with Gasteiger partial charge in [-0.3, -0.25) is 0 Å². The van der Waals surface area contributed by atoms with Gasteiger partial charge in [0.05, 0.1) is 5.56 Å². The first-order valence-corrected chi connectivity index (χ1v) is 7.65. The van der Waals surface area contributed by atoms with Crippen molar-refractivity contribution in [2.45, 2.75) is 12.8 Å². The van der Waals surface area contributed by atoms with Gasteiger partial charge in [-0.05, 0) is 35.9 Å². The molecule has 132 valence electrons. The molecule has 0 spiro atoms. The van der Waals surface area contributed by atoms with Gasteiger partial charge in [-0.1, -0.05) is 28.9 Å². The Bertz CT molecular complexity index is 961. The molecule has 1 N–H and O–H groups in total. The third-order valence-corrected chi connectivity index (χ3v) is 3.71. The summed E-state index contributed by atoms with van der Waals surface area (Å²) in [5.74, 6) is 0.388. The third-order valence-electron chi connectivity index (χ3n) is 3.49. The number of ether oxygens (including phenoxy) is 1. The highest BCUT2D eigenvalue weighted by Crippen LogP contribution is 2.30. The second kappa shape index (κ2) is 7.06. The molecule has 1 aromatic heterocycles. The number of nitriles is 1. The molecule has 0 atom stereocenters. The van der Waals surface area contributed by atoms with E-state index in [-0.39, 0.29) is 12.3 Å². The predicted octanol–water partition coefficient (Wildman–Crippen LogP) is 4.59. The minimum Gasteiger partial charge on any atom is -0.489 e. The molecule has 0 radical (unpaired) electrons. The van der Waals surface area contributed by atoms with E-state index in [1.165, 1.54) is 12.1 Å². The summed E-state index contributed by atoms with van der Waals surface area (Å²) < 4.78 is 43.3. The topological polar surface area (TPSA) is 74.6 Å². The number of hydrogen-bond acceptors (Lipinski definition) is 4. The Hall–Kier alpha value is -3.05. The Morgan fingerprint density at radius 2 is 1.88 bits per heavy atom. The van der Waals surface area contributed by atoms with Crippen molar-refractivity contribution in [1.29, 1.82) is 5.26 Å². The van der Waals surface area contributed by atoms with Crippen molar-refractivity contribution in [3.63, 3.8) is 0 Å². The van der Waals surface area contributed by atoms with Crippen LogP contribution in [-0.4, -0.2) is 15.4 Å². The van der Waals surface area contributed by atoms with Gasteiger partial charge in [0.2, 0.25) is 0 Å². The predicted molar refractivity (Wildman–Crippen MR) is 87.3 cm³/mol. The van der Waals surface area contributed by atoms with E-state index in [1.54, 1.807) is 18.2 Å². The van der Waals surface area contributed by atoms with Crippen molar-refractivity contribution in [2.24, 2.45) is 0 Å². The van der Waals surface area contributed by atoms with Gasteiger partial charge < -0.3 is 4.74 Å². The zero-order valence-corrected chi connectivity index (χ0v) is 13.8. The summed E-state index contributed by atoms with van der Waals surface area (Å²) in [7, 11) is 0. The molecule has 5 nitrogen and oxygen atoms in total. The van der Waals surface area contributed by atoms with Crippen molar-refractivity contribution in [3.8, 4) is 23.1 Å². The molecule has 9 heteroatoms. The molecule has 0 aliphatic rings. The Kier molecular flexibility index (Phi) is 4.82. The van der Waals surface area contributed by atoms with Crippen molar-refractivity contribution < 1.29 is 17.9 Å². The monoisotopic (exact) mass is 378 g/mol. The van der Waals surface area contributed by atoms with Gasteiger partial charge in [0.25, 0.3) is 0 Å². The first-order chi connectivity index (χ1) is 12.4. The molecular formula is C17H10ClF3N4O. The standard InChI is InChI=1S/C17H10ClF3N4O/c18-13-5-11(16-15(8-22)23-25-24-16)6-14(7-13)26-9-10-1-3-12(4-2-10)17(19,20)21/h1-7H,9H2,(H,23,24,25). The van der Waals surface area contributed by atoms with E-state index in [0.29, 0.717) is 27.6 Å². The van der Waals surface area contributed by atoms with Crippen LogP contribution >= 0.6 is 11.6 Å². The van der Waals surface area contributed by atoms with Gasteiger partial charge in [0.15, 0.2) is 5.69 Å². The first-order valence-electron chi connectivity index (χ1n) is 7.28. The van der Waals surface area contributed by atoms with Crippen LogP contribution in [0, 0.1) is 11.3 Å². The van der Waals surface area contributed by atoms with Crippen LogP contribution in [0.1, 0.15) is 16.8 Å². The molecule has 0 fully saturated rings. The molecule has 0 unspecified atom stereocenters. The summed E-state index contributed by atoms with van der Waals surface area (Å²) in [5.41, 5.74) is 0.889. The van der Waals surface area contributed by atoms with E-state index < -0.39 is 11.7 Å². The first kappa shape index (κ1) is 17.8. The van der Waals surface area contributed by atoms with Crippen molar-refractivity contribution in [2.75, 3.05) is 0 Å². The maximum absolute atomic E-state index is 12.6. The molecule has 0 aliphatic heterocycles. The van der Waals surface area contributed by atoms with Crippen LogP contribution in [0.25, 0.3) is 11.3 Å². The fraction of sp³-hybridized carbons (Fsp3) is 0.118. The van der Waals surface area contributed by atoms with E-state index in [1.807, 2.05) is 6.07 Å². The quantitative estimate of drug-likeness (QED) is 0.720. The van der Waals surface area contributed by atoms with E-state index in [4.69, 9.17) is 21.6 Å². The second-order valence-corrected chi connectivity index (χ2v) is 5.74. The molecular weight excluding hydrogens is 369 g/mol. The number of aromatic nitrogens is 3. The Morgan fingerprint density at radius 1 is 1.15 bits per heavy atom. The summed E-state index contributed by atoms with van der Waals surface area (Å²) in [4.78, 5) is 0. The average molecular weight is 379 g/mol. The lowest BCUT2D eigenvalue weighted by atomic mass is 10.1. The van der Waals surface area contributed by atoms with Crippen molar-refractivity contribution in [3.05, 3.63) is 64.3 Å². The van der Waals surface area contributed by atoms with Crippen LogP contribution in [-0.2, 0) is 12.8 Å². The highest BCUT2D eigenvalue weighted by molar-refractivity contribution is 6.31. The number of nitrogens with zero attached hydrogens (tertiary/aromatic N) is 3. The Morgan fingerprint density at radius 3 is 2.54 bits per heavy atom. The minimum absolute atomic E-state index is 0.0574. The number of H-pyrrole nitrogens is 1. The summed E-state index contributed by atoms with van der Waals surface area (Å²) >= 11 is 6.07. The normalized spacial score (nSPS) is 11.2. The average Bonchev–Trinajstić information content (AvgIpc) is 3.08. The summed E-state index contributed by atoms with van der Waals surface area (Å²) in [6.45, 7) is 0.0574. The van der Waals surface area contributed by atoms with Gasteiger partial charge in [-0.25, -0.2) is 5.10 Å². The van der Waals surface area contributed by atoms with Crippen LogP contribution in [0.15, 0.2) is 42.5 Å². The van der Waals surface area contributed by atoms with Gasteiger partial charge in [-0.2, -0.15) is 18.4 Å². The van der Waals surface area contributed by atoms with E-state index in [2.05, 4.69) is 15.4 Å². The number of alkyl halides is 3. The highest BCUT2D eigenvalue weighted by atomic mass is 35.5. The van der Waals surface area contributed by atoms with Crippen LogP contribution in [0.3, 0.4) is 0 Å². The maximum atomic E-state index is 12.6. The second-order valence-electron chi connectivity index (χ2n) is 5.31. The number of aromatic amines is 1. The van der Waals surface area contributed by atoms with Gasteiger partial charge >= 0.3 is 6.18 Å². The fourth-order valence-electron chi connectivity index (χ4n) is 2.25. The molecule has 3 rings (SSSR count). The molecule has 26 heavy (non-hydrogen) atoms. The van der Waals surface area contributed by atoms with E-state index in [0.717, 1.165) is 12.1 Å². The molecule has 0 saturated heterocycles. The van der Waals surface area contributed by atoms with Crippen molar-refractivity contribution in [1.82, 2.24) is 15.4 Å². The van der Waals surface area contributed by atoms with Gasteiger partial charge in [-0.15, -0.1) is 5.10 Å². The largest absolute Gasteiger partial charge is 0.489 e. The Labute approximate surface area is 151 Å². The molecule has 3 aromatic rings. The molecule has 0 bridgehead atoms. The molecule has 0 saturated carbocycles. The fourth-order valence-corrected chi connectivity index (χ4v) is 2.47. The van der Waals surface area contributed by atoms with Gasteiger partial charge in [0.1, 0.15) is 24.1 Å². The Balaban J connectivity index is 1.78. The molecule has 0 amide bonds. The summed E-state index contributed by atoms with van der Waals surface area (Å²) in [6.07, 6.45) is -4.38. The third kappa shape index (κ3) is 3.95. The number of halogens is 4. The maximum Gasteiger partial charge on any atom is 0.416 e. The zero-order valence-electron chi connectivity index (χ0n) is 13.0. The van der Waals surface area contributed by atoms with Crippen LogP contribution in [0.4, 0.5) is 13.2 Å². The van der Waals surface area contributed by atoms with Crippen LogP contribution in [0.2, 0.25) is 5.02 Å². The smallest absolute Gasteiger partial charge is 0.416 e. The summed E-state index contributed by atoms with van der Waals surface area (Å²) in [6, 6.07) is 11.4. The lowest BCUT2D eigenvalue weighted by molar-refractivity contribution is -0.137. The molecule has 0 aliphatic carbocycles. The highest BCUT2D eigenvalue weighted by Gasteiger charge is 2.29. The van der Waals surface area contributed by atoms with E-state index >= 15 is 0 Å². The number of benzene rings is 2. The number of rotatable bonds is 4. The lowest BCUT2D eigenvalue weighted by Gasteiger charge is -2.10. The summed E-state index contributed by atoms with van der Waals surface area (Å²) in [5, 5.41) is 19.3. The van der Waals surface area contributed by atoms with Gasteiger partial charge in [0, 0.05) is 10.6 Å². The van der Waals surface area contributed by atoms with Crippen molar-refractivity contribution >= 4 is 11.6 Å². The van der Waals surface area contributed by atoms with E-state index in [9.17, 15) is 13.2 Å². The van der Waals surface area contributed by atoms with Crippen LogP contribution in [0.5, 0.6) is 5.75 Å². The molecule has 2 aromatic carbocycles. The lowest BCUT2D eigenvalue weighted by Crippen LogP contribution is -2.05. The minimum atomic E-state index is -4.38. The SMILES string of the molecule is N#Cc1[nH]nnc1-c1cc(Cl)cc(OCc2ccc(C(F)(F)F)cc2)c1. The molecule has 1 heterocycles. The number of hydrogen-bond donors (Lipinski definition) is 1. The number of nitrogens with one attached hydrogen (secondary N) is 1. The zero-order chi connectivity index (χ0) is 18.7.